The summed E-state index contributed by atoms with van der Waals surface area (Å²) in [5, 5.41) is 26.7. The van der Waals surface area contributed by atoms with Crippen LogP contribution in [0.3, 0.4) is 0 Å². The molecule has 0 heterocycles. The van der Waals surface area contributed by atoms with E-state index in [0.717, 1.165) is 44.9 Å². The summed E-state index contributed by atoms with van der Waals surface area (Å²) in [5.74, 6) is -3.70. The normalized spacial score (nSPS) is 13.3. The molecule has 0 saturated heterocycles. The molecular formula is C26H34O7S. The molecule has 34 heavy (non-hydrogen) atoms. The molecule has 7 nitrogen and oxygen atoms in total. The van der Waals surface area contributed by atoms with Gasteiger partial charge < -0.3 is 15.3 Å². The molecule has 0 aromatic heterocycles. The first kappa shape index (κ1) is 27.5. The predicted molar refractivity (Wildman–Crippen MR) is 130 cm³/mol. The number of hydrogen-bond acceptors (Lipinski definition) is 5. The highest BCUT2D eigenvalue weighted by atomic mass is 32.2. The molecule has 0 aliphatic heterocycles. The lowest BCUT2D eigenvalue weighted by atomic mass is 9.96. The second-order valence-corrected chi connectivity index (χ2v) is 10.8. The van der Waals surface area contributed by atoms with Crippen molar-refractivity contribution in [3.05, 3.63) is 71.3 Å². The molecule has 2 unspecified atom stereocenters. The Kier molecular flexibility index (Phi) is 11.2. The standard InChI is InChI=1S/C26H34O7S/c27-23(28)18-19-34(32,33)25(24(29)26(30)31)22-17-11-10-16-21(22)15-9-4-2-1-3-6-12-20-13-7-5-8-14-20/h5,7-8,10-11,13-14,16-17,24-25,29H,1-4,6,9,12,15,18-19H2,(H,27,28)(H,30,31). The van der Waals surface area contributed by atoms with Crippen LogP contribution >= 0.6 is 0 Å². The number of carbonyl (C=O) groups is 2. The summed E-state index contributed by atoms with van der Waals surface area (Å²) in [5.41, 5.74) is 2.23. The minimum Gasteiger partial charge on any atom is -0.481 e. The van der Waals surface area contributed by atoms with Crippen LogP contribution in [0.5, 0.6) is 0 Å². The van der Waals surface area contributed by atoms with E-state index in [1.54, 1.807) is 18.2 Å². The average molecular weight is 491 g/mol. The Morgan fingerprint density at radius 1 is 0.765 bits per heavy atom. The number of aryl methyl sites for hydroxylation is 2. The molecule has 0 amide bonds. The van der Waals surface area contributed by atoms with Crippen molar-refractivity contribution in [1.82, 2.24) is 0 Å². The Morgan fingerprint density at radius 2 is 1.32 bits per heavy atom. The van der Waals surface area contributed by atoms with Gasteiger partial charge in [0.15, 0.2) is 15.9 Å². The molecule has 2 atom stereocenters. The number of aliphatic carboxylic acids is 2. The third kappa shape index (κ3) is 8.91. The van der Waals surface area contributed by atoms with Crippen molar-refractivity contribution in [2.45, 2.75) is 69.1 Å². The highest BCUT2D eigenvalue weighted by Crippen LogP contribution is 2.31. The van der Waals surface area contributed by atoms with Crippen molar-refractivity contribution in [3.63, 3.8) is 0 Å². The zero-order valence-electron chi connectivity index (χ0n) is 19.3. The average Bonchev–Trinajstić information content (AvgIpc) is 2.81. The molecule has 2 rings (SSSR count). The summed E-state index contributed by atoms with van der Waals surface area (Å²) in [6.45, 7) is 0. The molecule has 0 spiro atoms. The molecule has 0 aliphatic carbocycles. The number of aliphatic hydroxyl groups excluding tert-OH is 1. The lowest BCUT2D eigenvalue weighted by Crippen LogP contribution is -2.35. The highest BCUT2D eigenvalue weighted by molar-refractivity contribution is 7.91. The second kappa shape index (κ2) is 13.9. The first-order valence-electron chi connectivity index (χ1n) is 11.7. The van der Waals surface area contributed by atoms with Crippen LogP contribution in [-0.2, 0) is 32.3 Å². The topological polar surface area (TPSA) is 129 Å². The molecule has 3 N–H and O–H groups in total. The first-order valence-corrected chi connectivity index (χ1v) is 13.4. The zero-order chi connectivity index (χ0) is 25.0. The van der Waals surface area contributed by atoms with Crippen LogP contribution in [0.4, 0.5) is 0 Å². The van der Waals surface area contributed by atoms with Crippen LogP contribution in [0, 0.1) is 0 Å². The molecule has 0 bridgehead atoms. The van der Waals surface area contributed by atoms with Gasteiger partial charge in [-0.1, -0.05) is 80.3 Å². The molecule has 0 saturated carbocycles. The Balaban J connectivity index is 1.94. The minimum absolute atomic E-state index is 0.227. The van der Waals surface area contributed by atoms with Gasteiger partial charge in [-0.3, -0.25) is 4.79 Å². The number of benzene rings is 2. The molecule has 0 radical (unpaired) electrons. The largest absolute Gasteiger partial charge is 0.481 e. The van der Waals surface area contributed by atoms with Gasteiger partial charge in [0.1, 0.15) is 5.25 Å². The highest BCUT2D eigenvalue weighted by Gasteiger charge is 2.39. The summed E-state index contributed by atoms with van der Waals surface area (Å²) in [7, 11) is -4.22. The van der Waals surface area contributed by atoms with E-state index in [4.69, 9.17) is 5.11 Å². The van der Waals surface area contributed by atoms with E-state index in [-0.39, 0.29) is 5.56 Å². The molecule has 0 aliphatic rings. The SMILES string of the molecule is O=C(O)CCS(=O)(=O)C(c1ccccc1CCCCCCCCc1ccccc1)C(O)C(=O)O. The third-order valence-corrected chi connectivity index (χ3v) is 7.95. The van der Waals surface area contributed by atoms with E-state index in [1.165, 1.54) is 11.6 Å². The van der Waals surface area contributed by atoms with Crippen molar-refractivity contribution in [2.75, 3.05) is 5.75 Å². The van der Waals surface area contributed by atoms with E-state index >= 15 is 0 Å². The Hall–Kier alpha value is -2.71. The number of unbranched alkanes of at least 4 members (excludes halogenated alkanes) is 5. The number of rotatable bonds is 16. The van der Waals surface area contributed by atoms with Gasteiger partial charge in [-0.05, 0) is 42.4 Å². The maximum absolute atomic E-state index is 12.8. The van der Waals surface area contributed by atoms with Crippen LogP contribution in [0.25, 0.3) is 0 Å². The van der Waals surface area contributed by atoms with Gasteiger partial charge in [0.2, 0.25) is 0 Å². The zero-order valence-corrected chi connectivity index (χ0v) is 20.1. The first-order chi connectivity index (χ1) is 16.2. The number of carboxylic acids is 2. The van der Waals surface area contributed by atoms with E-state index in [1.807, 2.05) is 18.2 Å². The van der Waals surface area contributed by atoms with Crippen molar-refractivity contribution in [3.8, 4) is 0 Å². The predicted octanol–water partition coefficient (Wildman–Crippen LogP) is 4.19. The molecular weight excluding hydrogens is 456 g/mol. The quantitative estimate of drug-likeness (QED) is 0.301. The Bertz CT molecular complexity index is 1020. The van der Waals surface area contributed by atoms with Crippen molar-refractivity contribution in [1.29, 1.82) is 0 Å². The summed E-state index contributed by atoms with van der Waals surface area (Å²) in [6.07, 6.45) is 4.99. The van der Waals surface area contributed by atoms with Gasteiger partial charge in [-0.15, -0.1) is 0 Å². The summed E-state index contributed by atoms with van der Waals surface area (Å²) in [6, 6.07) is 17.0. The summed E-state index contributed by atoms with van der Waals surface area (Å²) in [4.78, 5) is 22.3. The van der Waals surface area contributed by atoms with Gasteiger partial charge in [0.05, 0.1) is 12.2 Å². The van der Waals surface area contributed by atoms with Gasteiger partial charge in [0.25, 0.3) is 0 Å². The Labute approximate surface area is 201 Å². The molecule has 8 heteroatoms. The van der Waals surface area contributed by atoms with E-state index in [9.17, 15) is 28.2 Å². The fourth-order valence-electron chi connectivity index (χ4n) is 4.08. The maximum atomic E-state index is 12.8. The van der Waals surface area contributed by atoms with Gasteiger partial charge >= 0.3 is 11.9 Å². The van der Waals surface area contributed by atoms with Crippen LogP contribution in [-0.4, -0.2) is 47.5 Å². The van der Waals surface area contributed by atoms with Crippen LogP contribution in [0.15, 0.2) is 54.6 Å². The molecule has 186 valence electrons. The van der Waals surface area contributed by atoms with E-state index < -0.39 is 45.3 Å². The number of hydrogen-bond donors (Lipinski definition) is 3. The van der Waals surface area contributed by atoms with Gasteiger partial charge in [0, 0.05) is 0 Å². The summed E-state index contributed by atoms with van der Waals surface area (Å²) >= 11 is 0. The van der Waals surface area contributed by atoms with Gasteiger partial charge in [-0.25, -0.2) is 13.2 Å². The number of aliphatic hydroxyl groups is 1. The second-order valence-electron chi connectivity index (χ2n) is 8.52. The number of sulfone groups is 1. The summed E-state index contributed by atoms with van der Waals surface area (Å²) < 4.78 is 25.7. The maximum Gasteiger partial charge on any atom is 0.334 e. The monoisotopic (exact) mass is 490 g/mol. The van der Waals surface area contributed by atoms with Crippen LogP contribution < -0.4 is 0 Å². The third-order valence-electron chi connectivity index (χ3n) is 5.89. The van der Waals surface area contributed by atoms with Crippen molar-refractivity contribution < 1.29 is 33.3 Å². The van der Waals surface area contributed by atoms with Gasteiger partial charge in [-0.2, -0.15) is 0 Å². The molecule has 2 aromatic rings. The number of carboxylic acid groups (broad SMARTS) is 2. The van der Waals surface area contributed by atoms with E-state index in [0.29, 0.717) is 12.0 Å². The minimum atomic E-state index is -4.22. The molecule has 2 aromatic carbocycles. The lowest BCUT2D eigenvalue weighted by Gasteiger charge is -2.23. The fraction of sp³-hybridized carbons (Fsp3) is 0.462. The molecule has 0 fully saturated rings. The fourth-order valence-corrected chi connectivity index (χ4v) is 5.92. The smallest absolute Gasteiger partial charge is 0.334 e. The van der Waals surface area contributed by atoms with Crippen molar-refractivity contribution in [2.24, 2.45) is 0 Å². The van der Waals surface area contributed by atoms with Crippen molar-refractivity contribution >= 4 is 21.8 Å². The van der Waals surface area contributed by atoms with Crippen LogP contribution in [0.2, 0.25) is 0 Å². The lowest BCUT2D eigenvalue weighted by molar-refractivity contribution is -0.146. The van der Waals surface area contributed by atoms with Crippen LogP contribution in [0.1, 0.15) is 66.9 Å². The van der Waals surface area contributed by atoms with E-state index in [2.05, 4.69) is 12.1 Å². The Morgan fingerprint density at radius 3 is 1.94 bits per heavy atom.